The fourth-order valence-electron chi connectivity index (χ4n) is 1.68. The monoisotopic (exact) mass is 212 g/mol. The molecule has 0 aliphatic carbocycles. The van der Waals surface area contributed by atoms with Crippen LogP contribution in [0.25, 0.3) is 0 Å². The predicted molar refractivity (Wildman–Crippen MR) is 57.6 cm³/mol. The number of thiazole rings is 1. The average Bonchev–Trinajstić information content (AvgIpc) is 2.86. The van der Waals surface area contributed by atoms with E-state index in [1.807, 2.05) is 6.92 Å². The predicted octanol–water partition coefficient (Wildman–Crippen LogP) is 1.66. The summed E-state index contributed by atoms with van der Waals surface area (Å²) in [5.74, 6) is 0.168. The van der Waals surface area contributed by atoms with Crippen molar-refractivity contribution in [2.75, 3.05) is 13.2 Å². The Morgan fingerprint density at radius 2 is 2.64 bits per heavy atom. The van der Waals surface area contributed by atoms with E-state index in [0.29, 0.717) is 6.04 Å². The van der Waals surface area contributed by atoms with Crippen molar-refractivity contribution in [3.8, 4) is 0 Å². The molecule has 2 N–H and O–H groups in total. The van der Waals surface area contributed by atoms with E-state index in [1.54, 1.807) is 11.3 Å². The summed E-state index contributed by atoms with van der Waals surface area (Å²) < 4.78 is 0. The van der Waals surface area contributed by atoms with Gasteiger partial charge in [0, 0.05) is 11.3 Å². The highest BCUT2D eigenvalue weighted by atomic mass is 32.1. The zero-order valence-electron chi connectivity index (χ0n) is 8.36. The maximum absolute atomic E-state index is 9.01. The van der Waals surface area contributed by atoms with E-state index in [9.17, 15) is 0 Å². The van der Waals surface area contributed by atoms with Gasteiger partial charge in [-0.25, -0.2) is 4.98 Å². The van der Waals surface area contributed by atoms with Gasteiger partial charge in [-0.1, -0.05) is 6.92 Å². The van der Waals surface area contributed by atoms with Crippen LogP contribution in [0.1, 0.15) is 42.4 Å². The normalized spacial score (nSPS) is 24.0. The molecule has 0 bridgehead atoms. The van der Waals surface area contributed by atoms with Crippen molar-refractivity contribution in [1.82, 2.24) is 10.3 Å². The Kier molecular flexibility index (Phi) is 3.15. The first kappa shape index (κ1) is 10.1. The van der Waals surface area contributed by atoms with Crippen molar-refractivity contribution in [2.24, 2.45) is 0 Å². The molecule has 2 unspecified atom stereocenters. The second kappa shape index (κ2) is 4.38. The molecule has 1 aliphatic rings. The maximum atomic E-state index is 9.01. The van der Waals surface area contributed by atoms with Crippen molar-refractivity contribution in [2.45, 2.75) is 31.7 Å². The first-order valence-electron chi connectivity index (χ1n) is 5.11. The molecule has 2 atom stereocenters. The number of aliphatic hydroxyl groups is 1. The molecule has 14 heavy (non-hydrogen) atoms. The summed E-state index contributed by atoms with van der Waals surface area (Å²) in [6.45, 7) is 3.29. The number of hydrogen-bond acceptors (Lipinski definition) is 4. The lowest BCUT2D eigenvalue weighted by Gasteiger charge is -2.06. The number of aliphatic hydroxyl groups excluding tert-OH is 1. The van der Waals surface area contributed by atoms with Gasteiger partial charge in [0.05, 0.1) is 18.3 Å². The zero-order valence-corrected chi connectivity index (χ0v) is 9.18. The summed E-state index contributed by atoms with van der Waals surface area (Å²) in [5.41, 5.74) is 1.03. The summed E-state index contributed by atoms with van der Waals surface area (Å²) in [4.78, 5) is 4.56. The first-order valence-corrected chi connectivity index (χ1v) is 5.99. The molecule has 4 heteroatoms. The van der Waals surface area contributed by atoms with Gasteiger partial charge in [-0.2, -0.15) is 0 Å². The van der Waals surface area contributed by atoms with Crippen LogP contribution in [0.5, 0.6) is 0 Å². The maximum Gasteiger partial charge on any atom is 0.110 e. The highest BCUT2D eigenvalue weighted by Gasteiger charge is 2.20. The molecule has 1 aromatic heterocycles. The topological polar surface area (TPSA) is 45.1 Å². The molecule has 3 nitrogen and oxygen atoms in total. The minimum Gasteiger partial charge on any atom is -0.396 e. The Bertz CT molecular complexity index is 294. The second-order valence-corrected chi connectivity index (χ2v) is 4.73. The summed E-state index contributed by atoms with van der Waals surface area (Å²) in [5, 5.41) is 15.7. The Labute approximate surface area is 88.2 Å². The van der Waals surface area contributed by atoms with Gasteiger partial charge in [-0.3, -0.25) is 0 Å². The third-order valence-corrected chi connectivity index (χ3v) is 3.65. The van der Waals surface area contributed by atoms with E-state index in [-0.39, 0.29) is 12.5 Å². The fraction of sp³-hybridized carbons (Fsp3) is 0.700. The van der Waals surface area contributed by atoms with Crippen LogP contribution in [-0.2, 0) is 0 Å². The van der Waals surface area contributed by atoms with Gasteiger partial charge in [0.1, 0.15) is 5.01 Å². The highest BCUT2D eigenvalue weighted by molar-refractivity contribution is 7.09. The second-order valence-electron chi connectivity index (χ2n) is 3.84. The number of hydrogen-bond donors (Lipinski definition) is 2. The molecule has 1 aromatic rings. The third kappa shape index (κ3) is 1.97. The summed E-state index contributed by atoms with van der Waals surface area (Å²) in [6.07, 6.45) is 2.44. The molecule has 1 aliphatic heterocycles. The van der Waals surface area contributed by atoms with Crippen LogP contribution in [0.2, 0.25) is 0 Å². The van der Waals surface area contributed by atoms with Crippen LogP contribution in [0.15, 0.2) is 5.38 Å². The van der Waals surface area contributed by atoms with Gasteiger partial charge in [0.2, 0.25) is 0 Å². The Balaban J connectivity index is 2.08. The van der Waals surface area contributed by atoms with E-state index in [0.717, 1.165) is 12.2 Å². The Hall–Kier alpha value is -0.450. The zero-order chi connectivity index (χ0) is 9.97. The van der Waals surface area contributed by atoms with Crippen molar-refractivity contribution in [3.63, 3.8) is 0 Å². The molecule has 2 heterocycles. The molecule has 1 saturated heterocycles. The van der Waals surface area contributed by atoms with Crippen LogP contribution >= 0.6 is 11.3 Å². The smallest absolute Gasteiger partial charge is 0.110 e. The van der Waals surface area contributed by atoms with Gasteiger partial charge in [0.15, 0.2) is 0 Å². The third-order valence-electron chi connectivity index (χ3n) is 2.68. The minimum absolute atomic E-state index is 0.168. The number of nitrogens with zero attached hydrogens (tertiary/aromatic N) is 1. The van der Waals surface area contributed by atoms with Crippen LogP contribution in [0, 0.1) is 0 Å². The van der Waals surface area contributed by atoms with Crippen molar-refractivity contribution >= 4 is 11.3 Å². The molecular weight excluding hydrogens is 196 g/mol. The van der Waals surface area contributed by atoms with Gasteiger partial charge < -0.3 is 10.4 Å². The molecule has 78 valence electrons. The molecule has 1 fully saturated rings. The molecule has 0 radical (unpaired) electrons. The standard InChI is InChI=1S/C10H16N2OS/c1-7(5-13)9-6-14-10(12-9)8-3-2-4-11-8/h6-8,11,13H,2-5H2,1H3. The average molecular weight is 212 g/mol. The largest absolute Gasteiger partial charge is 0.396 e. The summed E-state index contributed by atoms with van der Waals surface area (Å²) in [7, 11) is 0. The van der Waals surface area contributed by atoms with Crippen molar-refractivity contribution in [1.29, 1.82) is 0 Å². The van der Waals surface area contributed by atoms with Gasteiger partial charge in [-0.15, -0.1) is 11.3 Å². The number of aromatic nitrogens is 1. The van der Waals surface area contributed by atoms with Crippen molar-refractivity contribution in [3.05, 3.63) is 16.1 Å². The van der Waals surface area contributed by atoms with E-state index >= 15 is 0 Å². The van der Waals surface area contributed by atoms with E-state index in [2.05, 4.69) is 15.7 Å². The molecule has 0 saturated carbocycles. The lowest BCUT2D eigenvalue weighted by Crippen LogP contribution is -2.12. The van der Waals surface area contributed by atoms with E-state index < -0.39 is 0 Å². The quantitative estimate of drug-likeness (QED) is 0.801. The lowest BCUT2D eigenvalue weighted by molar-refractivity contribution is 0.271. The number of rotatable bonds is 3. The van der Waals surface area contributed by atoms with Crippen LogP contribution in [-0.4, -0.2) is 23.2 Å². The van der Waals surface area contributed by atoms with Gasteiger partial charge in [0.25, 0.3) is 0 Å². The SMILES string of the molecule is CC(CO)c1csc(C2CCCN2)n1. The van der Waals surface area contributed by atoms with Gasteiger partial charge in [-0.05, 0) is 19.4 Å². The molecule has 2 rings (SSSR count). The lowest BCUT2D eigenvalue weighted by atomic mass is 10.1. The molecule has 0 amide bonds. The Morgan fingerprint density at radius 3 is 3.29 bits per heavy atom. The van der Waals surface area contributed by atoms with Crippen LogP contribution in [0.4, 0.5) is 0 Å². The molecule has 0 spiro atoms. The fourth-order valence-corrected chi connectivity index (χ4v) is 2.73. The first-order chi connectivity index (χ1) is 6.81. The number of nitrogens with one attached hydrogen (secondary N) is 1. The molecular formula is C10H16N2OS. The molecule has 0 aromatic carbocycles. The van der Waals surface area contributed by atoms with E-state index in [1.165, 1.54) is 17.8 Å². The summed E-state index contributed by atoms with van der Waals surface area (Å²) >= 11 is 1.71. The minimum atomic E-state index is 0.168. The van der Waals surface area contributed by atoms with Gasteiger partial charge >= 0.3 is 0 Å². The van der Waals surface area contributed by atoms with Crippen LogP contribution < -0.4 is 5.32 Å². The van der Waals surface area contributed by atoms with Crippen molar-refractivity contribution < 1.29 is 5.11 Å². The summed E-state index contributed by atoms with van der Waals surface area (Å²) in [6, 6.07) is 0.458. The van der Waals surface area contributed by atoms with E-state index in [4.69, 9.17) is 5.11 Å². The highest BCUT2D eigenvalue weighted by Crippen LogP contribution is 2.27. The van der Waals surface area contributed by atoms with Crippen LogP contribution in [0.3, 0.4) is 0 Å². The Morgan fingerprint density at radius 1 is 1.79 bits per heavy atom.